The Morgan fingerprint density at radius 1 is 0.526 bits per heavy atom. The molecule has 0 fully saturated rings. The zero-order valence-corrected chi connectivity index (χ0v) is 37.7. The molecule has 0 aliphatic carbocycles. The molecular formula is C48H89NO8. The minimum atomic E-state index is -1.62. The molecule has 57 heavy (non-hydrogen) atoms. The molecule has 0 rings (SSSR count). The second-order valence-corrected chi connectivity index (χ2v) is 17.1. The van der Waals surface area contributed by atoms with Gasteiger partial charge in [-0.3, -0.25) is 9.59 Å². The highest BCUT2D eigenvalue weighted by Crippen LogP contribution is 2.15. The van der Waals surface area contributed by atoms with Crippen LogP contribution in [0.4, 0.5) is 0 Å². The van der Waals surface area contributed by atoms with Gasteiger partial charge >= 0.3 is 11.9 Å². The number of rotatable bonds is 43. The predicted molar refractivity (Wildman–Crippen MR) is 233 cm³/mol. The number of likely N-dealkylation sites (N-methyl/N-ethyl adjacent to an activating group) is 1. The monoisotopic (exact) mass is 808 g/mol. The largest absolute Gasteiger partial charge is 0.545 e. The lowest BCUT2D eigenvalue weighted by molar-refractivity contribution is -0.870. The molecule has 9 nitrogen and oxygen atoms in total. The first kappa shape index (κ1) is 54.8. The molecule has 0 aliphatic heterocycles. The Kier molecular flexibility index (Phi) is 39.0. The van der Waals surface area contributed by atoms with Gasteiger partial charge in [-0.05, 0) is 44.9 Å². The molecule has 0 saturated heterocycles. The van der Waals surface area contributed by atoms with Crippen molar-refractivity contribution < 1.29 is 42.9 Å². The fraction of sp³-hybridized carbons (Fsp3) is 0.854. The van der Waals surface area contributed by atoms with E-state index in [-0.39, 0.29) is 32.2 Å². The fourth-order valence-corrected chi connectivity index (χ4v) is 6.51. The van der Waals surface area contributed by atoms with Gasteiger partial charge in [-0.15, -0.1) is 0 Å². The van der Waals surface area contributed by atoms with Gasteiger partial charge in [-0.2, -0.15) is 0 Å². The molecule has 0 aliphatic rings. The number of aliphatic carboxylic acids is 1. The first-order valence-corrected chi connectivity index (χ1v) is 23.5. The summed E-state index contributed by atoms with van der Waals surface area (Å²) in [5.41, 5.74) is 0. The number of unbranched alkanes of at least 4 members (excludes halogenated alkanes) is 24. The third-order valence-electron chi connectivity index (χ3n) is 10.2. The highest BCUT2D eigenvalue weighted by Gasteiger charge is 2.21. The van der Waals surface area contributed by atoms with Crippen LogP contribution < -0.4 is 5.11 Å². The van der Waals surface area contributed by atoms with Crippen molar-refractivity contribution in [2.24, 2.45) is 0 Å². The number of hydrogen-bond acceptors (Lipinski definition) is 8. The van der Waals surface area contributed by atoms with Crippen molar-refractivity contribution in [2.75, 3.05) is 47.5 Å². The second kappa shape index (κ2) is 40.5. The normalized spacial score (nSPS) is 13.1. The smallest absolute Gasteiger partial charge is 0.306 e. The predicted octanol–water partition coefficient (Wildman–Crippen LogP) is 11.1. The first-order chi connectivity index (χ1) is 27.6. The number of nitrogens with zero attached hydrogens (tertiary/aromatic N) is 1. The summed E-state index contributed by atoms with van der Waals surface area (Å²) in [6.45, 7) is 4.71. The Labute approximate surface area is 350 Å². The van der Waals surface area contributed by atoms with Crippen LogP contribution in [0, 0.1) is 0 Å². The van der Waals surface area contributed by atoms with E-state index in [9.17, 15) is 19.5 Å². The number of carbonyl (C=O) groups is 3. The summed E-state index contributed by atoms with van der Waals surface area (Å²) in [6, 6.07) is 0. The van der Waals surface area contributed by atoms with E-state index in [0.717, 1.165) is 57.8 Å². The van der Waals surface area contributed by atoms with Gasteiger partial charge in [0.15, 0.2) is 12.4 Å². The molecule has 0 heterocycles. The standard InChI is InChI=1S/C48H89NO8/c1-6-8-10-12-14-16-18-20-22-23-25-26-28-30-32-34-36-38-45(50)55-42-44(43-56-48(47(52)53)54-41-40-49(3,4)5)57-46(51)39-37-35-33-31-29-27-24-21-19-17-15-13-11-9-7-2/h15,17,21,24,44,48H,6-14,16,18-20,22-23,25-43H2,1-5H3/b17-15-,24-21-. The molecule has 0 spiro atoms. The lowest BCUT2D eigenvalue weighted by atomic mass is 10.0. The van der Waals surface area contributed by atoms with Crippen LogP contribution in [0.25, 0.3) is 0 Å². The van der Waals surface area contributed by atoms with Crippen LogP contribution in [-0.2, 0) is 33.3 Å². The van der Waals surface area contributed by atoms with Gasteiger partial charge in [0.2, 0.25) is 0 Å². The summed E-state index contributed by atoms with van der Waals surface area (Å²) in [7, 11) is 5.91. The highest BCUT2D eigenvalue weighted by molar-refractivity contribution is 5.70. The maximum absolute atomic E-state index is 12.7. The van der Waals surface area contributed by atoms with Crippen LogP contribution in [0.3, 0.4) is 0 Å². The van der Waals surface area contributed by atoms with E-state index >= 15 is 0 Å². The zero-order chi connectivity index (χ0) is 42.1. The van der Waals surface area contributed by atoms with Gasteiger partial charge in [0.25, 0.3) is 0 Å². The molecule has 0 radical (unpaired) electrons. The first-order valence-electron chi connectivity index (χ1n) is 23.5. The van der Waals surface area contributed by atoms with E-state index in [0.29, 0.717) is 23.9 Å². The van der Waals surface area contributed by atoms with Crippen LogP contribution in [0.15, 0.2) is 24.3 Å². The van der Waals surface area contributed by atoms with Crippen molar-refractivity contribution in [3.8, 4) is 0 Å². The van der Waals surface area contributed by atoms with Gasteiger partial charge in [0.05, 0.1) is 40.3 Å². The molecule has 9 heteroatoms. The van der Waals surface area contributed by atoms with Crippen LogP contribution in [-0.4, -0.2) is 82.3 Å². The second-order valence-electron chi connectivity index (χ2n) is 17.1. The topological polar surface area (TPSA) is 111 Å². The van der Waals surface area contributed by atoms with Crippen LogP contribution in [0.1, 0.15) is 206 Å². The minimum Gasteiger partial charge on any atom is -0.545 e. The van der Waals surface area contributed by atoms with Gasteiger partial charge in [-0.25, -0.2) is 0 Å². The maximum Gasteiger partial charge on any atom is 0.306 e. The molecule has 0 saturated carbocycles. The number of esters is 2. The van der Waals surface area contributed by atoms with Crippen molar-refractivity contribution in [1.29, 1.82) is 0 Å². The average Bonchev–Trinajstić information content (AvgIpc) is 3.17. The van der Waals surface area contributed by atoms with E-state index in [2.05, 4.69) is 38.2 Å². The van der Waals surface area contributed by atoms with Crippen LogP contribution in [0.2, 0.25) is 0 Å². The number of carboxylic acids is 1. The lowest BCUT2D eigenvalue weighted by Gasteiger charge is -2.26. The van der Waals surface area contributed by atoms with Crippen LogP contribution >= 0.6 is 0 Å². The van der Waals surface area contributed by atoms with E-state index in [4.69, 9.17) is 18.9 Å². The molecule has 0 N–H and O–H groups in total. The summed E-state index contributed by atoms with van der Waals surface area (Å²) < 4.78 is 22.6. The fourth-order valence-electron chi connectivity index (χ4n) is 6.51. The summed E-state index contributed by atoms with van der Waals surface area (Å²) in [4.78, 5) is 37.0. The summed E-state index contributed by atoms with van der Waals surface area (Å²) in [5, 5.41) is 11.7. The Morgan fingerprint density at radius 3 is 1.42 bits per heavy atom. The Balaban J connectivity index is 4.40. The molecule has 0 bridgehead atoms. The molecule has 0 aromatic carbocycles. The van der Waals surface area contributed by atoms with Gasteiger partial charge < -0.3 is 33.3 Å². The molecule has 0 amide bonds. The van der Waals surface area contributed by atoms with E-state index < -0.39 is 24.3 Å². The minimum absolute atomic E-state index is 0.147. The molecule has 0 aromatic rings. The Hall–Kier alpha value is -2.23. The zero-order valence-electron chi connectivity index (χ0n) is 37.7. The number of carbonyl (C=O) groups excluding carboxylic acids is 3. The summed E-state index contributed by atoms with van der Waals surface area (Å²) >= 11 is 0. The van der Waals surface area contributed by atoms with Crippen molar-refractivity contribution >= 4 is 17.9 Å². The third kappa shape index (κ3) is 41.7. The van der Waals surface area contributed by atoms with Crippen molar-refractivity contribution in [3.63, 3.8) is 0 Å². The highest BCUT2D eigenvalue weighted by atomic mass is 16.7. The SMILES string of the molecule is CCCCC/C=C\C/C=C\CCCCCCCC(=O)OC(COC(=O)CCCCCCCCCCCCCCCCCCC)COC(OCC[N+](C)(C)C)C(=O)[O-]. The molecule has 2 unspecified atom stereocenters. The molecule has 2 atom stereocenters. The van der Waals surface area contributed by atoms with Crippen molar-refractivity contribution in [3.05, 3.63) is 24.3 Å². The number of hydrogen-bond donors (Lipinski definition) is 0. The summed E-state index contributed by atoms with van der Waals surface area (Å²) in [5.74, 6) is -2.29. The van der Waals surface area contributed by atoms with Gasteiger partial charge in [-0.1, -0.05) is 173 Å². The Bertz CT molecular complexity index is 991. The van der Waals surface area contributed by atoms with E-state index in [1.54, 1.807) is 0 Å². The van der Waals surface area contributed by atoms with Crippen molar-refractivity contribution in [1.82, 2.24) is 0 Å². The van der Waals surface area contributed by atoms with Gasteiger partial charge in [0, 0.05) is 12.8 Å². The lowest BCUT2D eigenvalue weighted by Crippen LogP contribution is -2.44. The molecular weight excluding hydrogens is 719 g/mol. The molecule has 0 aromatic heterocycles. The average molecular weight is 808 g/mol. The number of carboxylic acid groups (broad SMARTS) is 1. The number of quaternary nitrogens is 1. The molecule has 334 valence electrons. The van der Waals surface area contributed by atoms with Gasteiger partial charge in [0.1, 0.15) is 13.2 Å². The van der Waals surface area contributed by atoms with E-state index in [1.807, 2.05) is 21.1 Å². The van der Waals surface area contributed by atoms with Crippen molar-refractivity contribution in [2.45, 2.75) is 219 Å². The summed E-state index contributed by atoms with van der Waals surface area (Å²) in [6.07, 6.45) is 40.6. The Morgan fingerprint density at radius 2 is 0.947 bits per heavy atom. The third-order valence-corrected chi connectivity index (χ3v) is 10.2. The number of allylic oxidation sites excluding steroid dienone is 4. The maximum atomic E-state index is 12.7. The quantitative estimate of drug-likeness (QED) is 0.0197. The van der Waals surface area contributed by atoms with Crippen LogP contribution in [0.5, 0.6) is 0 Å². The number of ether oxygens (including phenoxy) is 4. The van der Waals surface area contributed by atoms with E-state index in [1.165, 1.54) is 116 Å².